The van der Waals surface area contributed by atoms with Crippen LogP contribution in [0.25, 0.3) is 0 Å². The minimum Gasteiger partial charge on any atom is -0.481 e. The Labute approximate surface area is 141 Å². The fourth-order valence-corrected chi connectivity index (χ4v) is 2.60. The number of carboxylic acid groups (broad SMARTS) is 1. The molecule has 1 unspecified atom stereocenters. The van der Waals surface area contributed by atoms with Crippen LogP contribution in [0.5, 0.6) is 0 Å². The van der Waals surface area contributed by atoms with E-state index in [1.54, 1.807) is 13.1 Å². The molecule has 1 aromatic carbocycles. The van der Waals surface area contributed by atoms with Crippen LogP contribution in [-0.4, -0.2) is 33.3 Å². The summed E-state index contributed by atoms with van der Waals surface area (Å²) in [6.45, 7) is 4.74. The maximum Gasteiger partial charge on any atom is 0.303 e. The summed E-state index contributed by atoms with van der Waals surface area (Å²) in [5.74, 6) is -1.18. The zero-order valence-corrected chi connectivity index (χ0v) is 14.0. The smallest absolute Gasteiger partial charge is 0.303 e. The van der Waals surface area contributed by atoms with Crippen molar-refractivity contribution in [1.29, 1.82) is 0 Å². The number of benzene rings is 1. The molecule has 6 heteroatoms. The molecule has 2 N–H and O–H groups in total. The predicted molar refractivity (Wildman–Crippen MR) is 90.9 cm³/mol. The molecule has 2 aromatic rings. The molecular formula is C18H23N3O3. The maximum absolute atomic E-state index is 12.4. The molecule has 0 aliphatic rings. The van der Waals surface area contributed by atoms with Crippen LogP contribution in [-0.2, 0) is 17.8 Å². The fraction of sp³-hybridized carbons (Fsp3) is 0.389. The lowest BCUT2D eigenvalue weighted by atomic mass is 10.1. The number of nitrogens with zero attached hydrogens (tertiary/aromatic N) is 2. The molecule has 128 valence electrons. The number of hydrogen-bond acceptors (Lipinski definition) is 3. The fourth-order valence-electron chi connectivity index (χ4n) is 2.60. The summed E-state index contributed by atoms with van der Waals surface area (Å²) in [6, 6.07) is 9.96. The molecular weight excluding hydrogens is 306 g/mol. The Hall–Kier alpha value is -2.63. The SMILES string of the molecule is CCc1c(C(=O)NCC(C)CC(=O)O)cnn1Cc1ccccc1. The third-order valence-electron chi connectivity index (χ3n) is 3.84. The molecule has 24 heavy (non-hydrogen) atoms. The molecule has 1 heterocycles. The van der Waals surface area contributed by atoms with Crippen molar-refractivity contribution < 1.29 is 14.7 Å². The molecule has 0 aliphatic heterocycles. The maximum atomic E-state index is 12.4. The van der Waals surface area contributed by atoms with E-state index < -0.39 is 5.97 Å². The van der Waals surface area contributed by atoms with Crippen LogP contribution < -0.4 is 5.32 Å². The molecule has 6 nitrogen and oxygen atoms in total. The highest BCUT2D eigenvalue weighted by Gasteiger charge is 2.17. The molecule has 0 radical (unpaired) electrons. The Morgan fingerprint density at radius 1 is 1.29 bits per heavy atom. The number of aromatic nitrogens is 2. The normalized spacial score (nSPS) is 11.9. The number of nitrogens with one attached hydrogen (secondary N) is 1. The van der Waals surface area contributed by atoms with Crippen molar-refractivity contribution in [1.82, 2.24) is 15.1 Å². The number of amides is 1. The van der Waals surface area contributed by atoms with E-state index in [1.807, 2.05) is 41.9 Å². The first kappa shape index (κ1) is 17.7. The highest BCUT2D eigenvalue weighted by Crippen LogP contribution is 2.12. The van der Waals surface area contributed by atoms with E-state index in [-0.39, 0.29) is 18.2 Å². The second-order valence-corrected chi connectivity index (χ2v) is 5.91. The van der Waals surface area contributed by atoms with Gasteiger partial charge in [0.05, 0.1) is 24.0 Å². The Kier molecular flexibility index (Phi) is 6.12. The second-order valence-electron chi connectivity index (χ2n) is 5.91. The lowest BCUT2D eigenvalue weighted by molar-refractivity contribution is -0.137. The van der Waals surface area contributed by atoms with Crippen LogP contribution in [0.2, 0.25) is 0 Å². The van der Waals surface area contributed by atoms with Crippen LogP contribution in [0.1, 0.15) is 41.9 Å². The Balaban J connectivity index is 2.05. The van der Waals surface area contributed by atoms with E-state index in [9.17, 15) is 9.59 Å². The van der Waals surface area contributed by atoms with Gasteiger partial charge in [-0.25, -0.2) is 0 Å². The van der Waals surface area contributed by atoms with E-state index >= 15 is 0 Å². The van der Waals surface area contributed by atoms with Gasteiger partial charge in [-0.3, -0.25) is 14.3 Å². The monoisotopic (exact) mass is 329 g/mol. The van der Waals surface area contributed by atoms with Gasteiger partial charge in [-0.05, 0) is 17.9 Å². The van der Waals surface area contributed by atoms with Crippen molar-refractivity contribution in [2.45, 2.75) is 33.2 Å². The summed E-state index contributed by atoms with van der Waals surface area (Å²) in [5, 5.41) is 15.9. The van der Waals surface area contributed by atoms with E-state index in [0.717, 1.165) is 11.3 Å². The van der Waals surface area contributed by atoms with E-state index in [1.165, 1.54) is 0 Å². The zero-order valence-electron chi connectivity index (χ0n) is 14.0. The van der Waals surface area contributed by atoms with Gasteiger partial charge in [0.2, 0.25) is 0 Å². The van der Waals surface area contributed by atoms with Gasteiger partial charge >= 0.3 is 5.97 Å². The van der Waals surface area contributed by atoms with Crippen LogP contribution in [0, 0.1) is 5.92 Å². The van der Waals surface area contributed by atoms with Crippen molar-refractivity contribution in [3.05, 3.63) is 53.3 Å². The van der Waals surface area contributed by atoms with Crippen LogP contribution in [0.4, 0.5) is 0 Å². The van der Waals surface area contributed by atoms with Crippen LogP contribution in [0.3, 0.4) is 0 Å². The summed E-state index contributed by atoms with van der Waals surface area (Å²) in [7, 11) is 0. The number of rotatable bonds is 8. The minimum absolute atomic E-state index is 0.0359. The van der Waals surface area contributed by atoms with Gasteiger partial charge in [-0.15, -0.1) is 0 Å². The Morgan fingerprint density at radius 2 is 2.00 bits per heavy atom. The topological polar surface area (TPSA) is 84.2 Å². The molecule has 0 spiro atoms. The number of carbonyl (C=O) groups is 2. The number of aliphatic carboxylic acids is 1. The van der Waals surface area contributed by atoms with E-state index in [0.29, 0.717) is 25.1 Å². The third kappa shape index (κ3) is 4.68. The molecule has 0 bridgehead atoms. The summed E-state index contributed by atoms with van der Waals surface area (Å²) in [5.41, 5.74) is 2.55. The van der Waals surface area contributed by atoms with Gasteiger partial charge in [-0.1, -0.05) is 44.2 Å². The van der Waals surface area contributed by atoms with Crippen molar-refractivity contribution in [2.24, 2.45) is 5.92 Å². The summed E-state index contributed by atoms with van der Waals surface area (Å²) < 4.78 is 1.84. The zero-order chi connectivity index (χ0) is 17.5. The van der Waals surface area contributed by atoms with E-state index in [4.69, 9.17) is 5.11 Å². The van der Waals surface area contributed by atoms with Gasteiger partial charge < -0.3 is 10.4 Å². The Bertz CT molecular complexity index is 695. The van der Waals surface area contributed by atoms with Gasteiger partial charge in [0.25, 0.3) is 5.91 Å². The third-order valence-corrected chi connectivity index (χ3v) is 3.84. The largest absolute Gasteiger partial charge is 0.481 e. The van der Waals surface area contributed by atoms with Crippen LogP contribution >= 0.6 is 0 Å². The predicted octanol–water partition coefficient (Wildman–Crippen LogP) is 2.33. The van der Waals surface area contributed by atoms with Crippen molar-refractivity contribution in [2.75, 3.05) is 6.54 Å². The number of carboxylic acids is 1. The average Bonchev–Trinajstić information content (AvgIpc) is 2.95. The molecule has 1 amide bonds. The first-order valence-corrected chi connectivity index (χ1v) is 8.09. The Morgan fingerprint density at radius 3 is 2.62 bits per heavy atom. The van der Waals surface area contributed by atoms with E-state index in [2.05, 4.69) is 10.4 Å². The summed E-state index contributed by atoms with van der Waals surface area (Å²) >= 11 is 0. The lowest BCUT2D eigenvalue weighted by Gasteiger charge is -2.11. The highest BCUT2D eigenvalue weighted by atomic mass is 16.4. The first-order valence-electron chi connectivity index (χ1n) is 8.09. The molecule has 2 rings (SSSR count). The standard InChI is InChI=1S/C18H23N3O3/c1-3-16-15(18(24)19-10-13(2)9-17(22)23)11-20-21(16)12-14-7-5-4-6-8-14/h4-8,11,13H,3,9-10,12H2,1-2H3,(H,19,24)(H,22,23). The summed E-state index contributed by atoms with van der Waals surface area (Å²) in [4.78, 5) is 23.0. The van der Waals surface area contributed by atoms with Crippen molar-refractivity contribution >= 4 is 11.9 Å². The van der Waals surface area contributed by atoms with Crippen molar-refractivity contribution in [3.8, 4) is 0 Å². The van der Waals surface area contributed by atoms with Crippen molar-refractivity contribution in [3.63, 3.8) is 0 Å². The van der Waals surface area contributed by atoms with Gasteiger partial charge in [0.15, 0.2) is 0 Å². The second kappa shape index (κ2) is 8.29. The molecule has 1 atom stereocenters. The van der Waals surface area contributed by atoms with Crippen LogP contribution in [0.15, 0.2) is 36.5 Å². The van der Waals surface area contributed by atoms with Gasteiger partial charge in [-0.2, -0.15) is 5.10 Å². The van der Waals surface area contributed by atoms with Gasteiger partial charge in [0, 0.05) is 13.0 Å². The molecule has 0 saturated carbocycles. The highest BCUT2D eigenvalue weighted by molar-refractivity contribution is 5.95. The molecule has 0 saturated heterocycles. The molecule has 1 aromatic heterocycles. The quantitative estimate of drug-likeness (QED) is 0.778. The molecule has 0 fully saturated rings. The summed E-state index contributed by atoms with van der Waals surface area (Å²) in [6.07, 6.45) is 2.31. The molecule has 0 aliphatic carbocycles. The average molecular weight is 329 g/mol. The lowest BCUT2D eigenvalue weighted by Crippen LogP contribution is -2.29. The minimum atomic E-state index is -0.860. The number of hydrogen-bond donors (Lipinski definition) is 2. The number of carbonyl (C=O) groups excluding carboxylic acids is 1. The first-order chi connectivity index (χ1) is 11.5. The van der Waals surface area contributed by atoms with Gasteiger partial charge in [0.1, 0.15) is 0 Å².